The van der Waals surface area contributed by atoms with Crippen molar-refractivity contribution in [1.29, 1.82) is 0 Å². The first kappa shape index (κ1) is 13.3. The Kier molecular flexibility index (Phi) is 4.06. The minimum atomic E-state index is 0.932. The van der Waals surface area contributed by atoms with Crippen LogP contribution in [0.4, 0.5) is 0 Å². The van der Waals surface area contributed by atoms with E-state index in [2.05, 4.69) is 52.4 Å². The maximum atomic E-state index is 3.59. The normalized spacial score (nSPS) is 13.8. The molecule has 0 spiro atoms. The molecular formula is C16H18BrNS. The van der Waals surface area contributed by atoms with Gasteiger partial charge in [-0.1, -0.05) is 28.1 Å². The number of aryl methyl sites for hydroxylation is 3. The van der Waals surface area contributed by atoms with Crippen LogP contribution in [0, 0.1) is 6.92 Å². The Morgan fingerprint density at radius 3 is 2.89 bits per heavy atom. The molecule has 0 atom stereocenters. The van der Waals surface area contributed by atoms with Crippen molar-refractivity contribution in [2.75, 3.05) is 0 Å². The highest BCUT2D eigenvalue weighted by molar-refractivity contribution is 9.10. The maximum absolute atomic E-state index is 3.59. The summed E-state index contributed by atoms with van der Waals surface area (Å²) in [6.07, 6.45) is 3.94. The van der Waals surface area contributed by atoms with Crippen molar-refractivity contribution in [3.05, 3.63) is 55.2 Å². The lowest BCUT2D eigenvalue weighted by atomic mass is 10.1. The summed E-state index contributed by atoms with van der Waals surface area (Å²) in [6.45, 7) is 4.04. The fourth-order valence-electron chi connectivity index (χ4n) is 2.55. The second kappa shape index (κ2) is 5.78. The van der Waals surface area contributed by atoms with Crippen molar-refractivity contribution in [2.24, 2.45) is 0 Å². The molecule has 0 saturated carbocycles. The Morgan fingerprint density at radius 2 is 2.11 bits per heavy atom. The summed E-state index contributed by atoms with van der Waals surface area (Å²) in [4.78, 5) is 3.10. The summed E-state index contributed by atoms with van der Waals surface area (Å²) in [5.74, 6) is 0. The molecule has 1 aliphatic rings. The number of fused-ring (bicyclic) bond motifs is 1. The SMILES string of the molecule is Cc1ccc(CNCc2cc3c(s2)CCC3)cc1Br. The molecule has 100 valence electrons. The van der Waals surface area contributed by atoms with Gasteiger partial charge in [0.15, 0.2) is 0 Å². The predicted octanol–water partition coefficient (Wildman–Crippen LogP) is 4.60. The highest BCUT2D eigenvalue weighted by atomic mass is 79.9. The molecule has 1 heterocycles. The monoisotopic (exact) mass is 335 g/mol. The predicted molar refractivity (Wildman–Crippen MR) is 85.8 cm³/mol. The van der Waals surface area contributed by atoms with Gasteiger partial charge in [0.1, 0.15) is 0 Å². The molecule has 19 heavy (non-hydrogen) atoms. The minimum Gasteiger partial charge on any atom is -0.308 e. The average molecular weight is 336 g/mol. The van der Waals surface area contributed by atoms with Gasteiger partial charge in [-0.05, 0) is 55.0 Å². The van der Waals surface area contributed by atoms with Gasteiger partial charge in [-0.25, -0.2) is 0 Å². The highest BCUT2D eigenvalue weighted by Gasteiger charge is 2.14. The zero-order chi connectivity index (χ0) is 13.2. The van der Waals surface area contributed by atoms with E-state index < -0.39 is 0 Å². The van der Waals surface area contributed by atoms with E-state index in [0.29, 0.717) is 0 Å². The van der Waals surface area contributed by atoms with Crippen molar-refractivity contribution >= 4 is 27.3 Å². The fourth-order valence-corrected chi connectivity index (χ4v) is 4.21. The van der Waals surface area contributed by atoms with E-state index >= 15 is 0 Å². The standard InChI is InChI=1S/C16H18BrNS/c1-11-5-6-12(7-15(11)17)9-18-10-14-8-13-3-2-4-16(13)19-14/h5-8,18H,2-4,9-10H2,1H3. The van der Waals surface area contributed by atoms with Crippen LogP contribution in [-0.4, -0.2) is 0 Å². The van der Waals surface area contributed by atoms with Gasteiger partial charge in [0.25, 0.3) is 0 Å². The van der Waals surface area contributed by atoms with Crippen LogP contribution in [0.3, 0.4) is 0 Å². The highest BCUT2D eigenvalue weighted by Crippen LogP contribution is 2.30. The minimum absolute atomic E-state index is 0.932. The first-order chi connectivity index (χ1) is 9.22. The Morgan fingerprint density at radius 1 is 1.21 bits per heavy atom. The van der Waals surface area contributed by atoms with Crippen molar-refractivity contribution in [3.63, 3.8) is 0 Å². The third kappa shape index (κ3) is 3.10. The molecule has 0 fully saturated rings. The lowest BCUT2D eigenvalue weighted by Crippen LogP contribution is -2.11. The van der Waals surface area contributed by atoms with E-state index in [1.54, 1.807) is 10.4 Å². The van der Waals surface area contributed by atoms with Crippen LogP contribution in [0.2, 0.25) is 0 Å². The van der Waals surface area contributed by atoms with Crippen molar-refractivity contribution in [3.8, 4) is 0 Å². The topological polar surface area (TPSA) is 12.0 Å². The van der Waals surface area contributed by atoms with Crippen molar-refractivity contribution in [1.82, 2.24) is 5.32 Å². The first-order valence-electron chi connectivity index (χ1n) is 6.78. The molecule has 1 aliphatic carbocycles. The van der Waals surface area contributed by atoms with Crippen LogP contribution in [0.1, 0.15) is 32.9 Å². The molecule has 0 saturated heterocycles. The molecule has 0 aliphatic heterocycles. The molecule has 1 N–H and O–H groups in total. The number of hydrogen-bond donors (Lipinski definition) is 1. The van der Waals surface area contributed by atoms with Gasteiger partial charge >= 0.3 is 0 Å². The smallest absolute Gasteiger partial charge is 0.0303 e. The molecule has 1 aromatic heterocycles. The number of thiophene rings is 1. The molecule has 0 unspecified atom stereocenters. The van der Waals surface area contributed by atoms with Crippen LogP contribution in [-0.2, 0) is 25.9 Å². The summed E-state index contributed by atoms with van der Waals surface area (Å²) in [5, 5.41) is 3.54. The van der Waals surface area contributed by atoms with Gasteiger partial charge in [-0.2, -0.15) is 0 Å². The third-order valence-electron chi connectivity index (χ3n) is 3.66. The van der Waals surface area contributed by atoms with Crippen molar-refractivity contribution in [2.45, 2.75) is 39.3 Å². The van der Waals surface area contributed by atoms with Crippen LogP contribution in [0.25, 0.3) is 0 Å². The third-order valence-corrected chi connectivity index (χ3v) is 5.75. The Hall–Kier alpha value is -0.640. The van der Waals surface area contributed by atoms with E-state index in [1.807, 2.05) is 11.3 Å². The van der Waals surface area contributed by atoms with Crippen molar-refractivity contribution < 1.29 is 0 Å². The lowest BCUT2D eigenvalue weighted by Gasteiger charge is -2.05. The molecule has 2 aromatic rings. The summed E-state index contributed by atoms with van der Waals surface area (Å²) in [7, 11) is 0. The van der Waals surface area contributed by atoms with Gasteiger partial charge in [-0.3, -0.25) is 0 Å². The average Bonchev–Trinajstić information content (AvgIpc) is 2.94. The Bertz CT molecular complexity index is 567. The fraction of sp³-hybridized carbons (Fsp3) is 0.375. The number of rotatable bonds is 4. The number of benzene rings is 1. The summed E-state index contributed by atoms with van der Waals surface area (Å²) < 4.78 is 1.20. The molecular weight excluding hydrogens is 318 g/mol. The van der Waals surface area contributed by atoms with Gasteiger partial charge in [0.2, 0.25) is 0 Å². The first-order valence-corrected chi connectivity index (χ1v) is 8.39. The van der Waals surface area contributed by atoms with Crippen LogP contribution >= 0.6 is 27.3 Å². The molecule has 1 nitrogen and oxygen atoms in total. The number of hydrogen-bond acceptors (Lipinski definition) is 2. The van der Waals surface area contributed by atoms with Crippen LogP contribution < -0.4 is 5.32 Å². The molecule has 3 heteroatoms. The largest absolute Gasteiger partial charge is 0.308 e. The second-order valence-electron chi connectivity index (χ2n) is 5.20. The Labute approximate surface area is 127 Å². The molecule has 0 amide bonds. The summed E-state index contributed by atoms with van der Waals surface area (Å²) >= 11 is 5.58. The van der Waals surface area contributed by atoms with E-state index in [1.165, 1.54) is 39.7 Å². The summed E-state index contributed by atoms with van der Waals surface area (Å²) in [5.41, 5.74) is 4.22. The van der Waals surface area contributed by atoms with Gasteiger partial charge in [0, 0.05) is 27.3 Å². The van der Waals surface area contributed by atoms with E-state index in [9.17, 15) is 0 Å². The zero-order valence-corrected chi connectivity index (χ0v) is 13.5. The molecule has 0 radical (unpaired) electrons. The Balaban J connectivity index is 1.56. The lowest BCUT2D eigenvalue weighted by molar-refractivity contribution is 0.700. The number of nitrogens with one attached hydrogen (secondary N) is 1. The summed E-state index contributed by atoms with van der Waals surface area (Å²) in [6, 6.07) is 8.96. The van der Waals surface area contributed by atoms with Crippen LogP contribution in [0.5, 0.6) is 0 Å². The molecule has 1 aromatic carbocycles. The van der Waals surface area contributed by atoms with E-state index in [0.717, 1.165) is 13.1 Å². The molecule has 3 rings (SSSR count). The quantitative estimate of drug-likeness (QED) is 0.861. The van der Waals surface area contributed by atoms with Gasteiger partial charge in [-0.15, -0.1) is 11.3 Å². The van der Waals surface area contributed by atoms with E-state index in [-0.39, 0.29) is 0 Å². The second-order valence-corrected chi connectivity index (χ2v) is 7.28. The van der Waals surface area contributed by atoms with Gasteiger partial charge in [0.05, 0.1) is 0 Å². The maximum Gasteiger partial charge on any atom is 0.0303 e. The zero-order valence-electron chi connectivity index (χ0n) is 11.1. The van der Waals surface area contributed by atoms with E-state index in [4.69, 9.17) is 0 Å². The van der Waals surface area contributed by atoms with Crippen LogP contribution in [0.15, 0.2) is 28.7 Å². The number of halogens is 1. The van der Waals surface area contributed by atoms with Gasteiger partial charge < -0.3 is 5.32 Å². The molecule has 0 bridgehead atoms.